The predicted octanol–water partition coefficient (Wildman–Crippen LogP) is 0.0189. The Bertz CT molecular complexity index is 208. The summed E-state index contributed by atoms with van der Waals surface area (Å²) in [5.41, 5.74) is 5.78. The second-order valence-electron chi connectivity index (χ2n) is 4.35. The molecule has 4 nitrogen and oxygen atoms in total. The average molecular weight is 198 g/mol. The minimum Gasteiger partial charge on any atom is -0.377 e. The molecule has 3 N–H and O–H groups in total. The van der Waals surface area contributed by atoms with E-state index in [0.717, 1.165) is 25.7 Å². The Morgan fingerprint density at radius 1 is 1.21 bits per heavy atom. The van der Waals surface area contributed by atoms with Gasteiger partial charge in [0.15, 0.2) is 0 Å². The van der Waals surface area contributed by atoms with Crippen LogP contribution in [0.25, 0.3) is 0 Å². The van der Waals surface area contributed by atoms with Gasteiger partial charge < -0.3 is 15.8 Å². The van der Waals surface area contributed by atoms with Crippen molar-refractivity contribution in [3.8, 4) is 0 Å². The van der Waals surface area contributed by atoms with E-state index in [1.807, 2.05) is 0 Å². The Morgan fingerprint density at radius 2 is 1.86 bits per heavy atom. The van der Waals surface area contributed by atoms with Crippen LogP contribution in [-0.2, 0) is 9.53 Å². The van der Waals surface area contributed by atoms with Gasteiger partial charge in [-0.2, -0.15) is 0 Å². The summed E-state index contributed by atoms with van der Waals surface area (Å²) in [6.45, 7) is 1.36. The third-order valence-electron chi connectivity index (χ3n) is 3.13. The van der Waals surface area contributed by atoms with E-state index < -0.39 is 0 Å². The van der Waals surface area contributed by atoms with Crippen LogP contribution in [0, 0.1) is 5.92 Å². The minimum atomic E-state index is 0.190. The van der Waals surface area contributed by atoms with Crippen LogP contribution in [0.4, 0.5) is 0 Å². The van der Waals surface area contributed by atoms with Crippen molar-refractivity contribution in [2.75, 3.05) is 13.2 Å². The van der Waals surface area contributed by atoms with Gasteiger partial charge in [-0.25, -0.2) is 0 Å². The minimum absolute atomic E-state index is 0.190. The molecule has 4 heteroatoms. The van der Waals surface area contributed by atoms with Crippen LogP contribution in [0.3, 0.4) is 0 Å². The van der Waals surface area contributed by atoms with Gasteiger partial charge in [-0.15, -0.1) is 0 Å². The van der Waals surface area contributed by atoms with E-state index in [4.69, 9.17) is 10.5 Å². The van der Waals surface area contributed by atoms with Crippen molar-refractivity contribution < 1.29 is 9.53 Å². The Morgan fingerprint density at radius 3 is 2.36 bits per heavy atom. The number of hydrogen-bond donors (Lipinski definition) is 2. The third kappa shape index (κ3) is 2.25. The first-order valence-corrected chi connectivity index (χ1v) is 5.39. The van der Waals surface area contributed by atoms with Gasteiger partial charge in [0.1, 0.15) is 0 Å². The Labute approximate surface area is 84.2 Å². The summed E-state index contributed by atoms with van der Waals surface area (Å²) in [6.07, 6.45) is 3.86. The van der Waals surface area contributed by atoms with Gasteiger partial charge in [-0.3, -0.25) is 4.79 Å². The molecule has 1 saturated carbocycles. The lowest BCUT2D eigenvalue weighted by Crippen LogP contribution is -2.51. The third-order valence-corrected chi connectivity index (χ3v) is 3.13. The van der Waals surface area contributed by atoms with Gasteiger partial charge in [-0.1, -0.05) is 0 Å². The Balaban J connectivity index is 1.74. The molecular weight excluding hydrogens is 180 g/mol. The highest BCUT2D eigenvalue weighted by molar-refractivity contribution is 5.79. The highest BCUT2D eigenvalue weighted by Gasteiger charge is 2.28. The van der Waals surface area contributed by atoms with Gasteiger partial charge in [-0.05, 0) is 25.7 Å². The van der Waals surface area contributed by atoms with Crippen molar-refractivity contribution in [3.63, 3.8) is 0 Å². The standard InChI is InChI=1S/C10H18N2O2/c11-8-3-1-7(2-4-8)10(13)12-9-5-14-6-9/h7-9H,1-6,11H2,(H,12,13). The molecule has 14 heavy (non-hydrogen) atoms. The molecule has 1 heterocycles. The zero-order valence-corrected chi connectivity index (χ0v) is 8.37. The SMILES string of the molecule is NC1CCC(C(=O)NC2COC2)CC1. The van der Waals surface area contributed by atoms with Crippen molar-refractivity contribution in [3.05, 3.63) is 0 Å². The number of carbonyl (C=O) groups is 1. The summed E-state index contributed by atoms with van der Waals surface area (Å²) in [5, 5.41) is 3.00. The average Bonchev–Trinajstić information content (AvgIpc) is 2.12. The van der Waals surface area contributed by atoms with Crippen LogP contribution in [0.2, 0.25) is 0 Å². The number of rotatable bonds is 2. The van der Waals surface area contributed by atoms with E-state index >= 15 is 0 Å². The summed E-state index contributed by atoms with van der Waals surface area (Å²) in [6, 6.07) is 0.573. The van der Waals surface area contributed by atoms with Gasteiger partial charge >= 0.3 is 0 Å². The van der Waals surface area contributed by atoms with Crippen molar-refractivity contribution in [1.29, 1.82) is 0 Å². The van der Waals surface area contributed by atoms with Crippen LogP contribution in [0.1, 0.15) is 25.7 Å². The molecule has 1 amide bonds. The van der Waals surface area contributed by atoms with Crippen LogP contribution in [0.5, 0.6) is 0 Å². The second-order valence-corrected chi connectivity index (χ2v) is 4.35. The summed E-state index contributed by atoms with van der Waals surface area (Å²) in [4.78, 5) is 11.7. The number of carbonyl (C=O) groups excluding carboxylic acids is 1. The summed E-state index contributed by atoms with van der Waals surface area (Å²) in [7, 11) is 0. The lowest BCUT2D eigenvalue weighted by Gasteiger charge is -2.31. The fraction of sp³-hybridized carbons (Fsp3) is 0.900. The van der Waals surface area contributed by atoms with Crippen LogP contribution >= 0.6 is 0 Å². The van der Waals surface area contributed by atoms with E-state index in [2.05, 4.69) is 5.32 Å². The maximum Gasteiger partial charge on any atom is 0.223 e. The van der Waals surface area contributed by atoms with Crippen LogP contribution < -0.4 is 11.1 Å². The smallest absolute Gasteiger partial charge is 0.223 e. The lowest BCUT2D eigenvalue weighted by atomic mass is 9.86. The normalized spacial score (nSPS) is 33.5. The first kappa shape index (κ1) is 9.93. The van der Waals surface area contributed by atoms with Gasteiger partial charge in [0.2, 0.25) is 5.91 Å². The van der Waals surface area contributed by atoms with Crippen LogP contribution in [-0.4, -0.2) is 31.2 Å². The first-order valence-electron chi connectivity index (χ1n) is 5.39. The summed E-state index contributed by atoms with van der Waals surface area (Å²) < 4.78 is 5.01. The van der Waals surface area contributed by atoms with Crippen molar-refractivity contribution >= 4 is 5.91 Å². The molecule has 0 bridgehead atoms. The fourth-order valence-electron chi connectivity index (χ4n) is 2.02. The highest BCUT2D eigenvalue weighted by atomic mass is 16.5. The topological polar surface area (TPSA) is 64.4 Å². The first-order chi connectivity index (χ1) is 6.75. The molecule has 0 aromatic rings. The monoisotopic (exact) mass is 198 g/mol. The predicted molar refractivity (Wildman–Crippen MR) is 52.7 cm³/mol. The molecule has 0 aromatic heterocycles. The molecular formula is C10H18N2O2. The van der Waals surface area contributed by atoms with Crippen LogP contribution in [0.15, 0.2) is 0 Å². The van der Waals surface area contributed by atoms with Crippen molar-refractivity contribution in [2.45, 2.75) is 37.8 Å². The maximum absolute atomic E-state index is 11.7. The molecule has 1 aliphatic carbocycles. The molecule has 1 aliphatic heterocycles. The zero-order chi connectivity index (χ0) is 9.97. The van der Waals surface area contributed by atoms with E-state index in [1.165, 1.54) is 0 Å². The lowest BCUT2D eigenvalue weighted by molar-refractivity contribution is -0.130. The molecule has 1 saturated heterocycles. The van der Waals surface area contributed by atoms with E-state index in [0.29, 0.717) is 19.3 Å². The molecule has 2 fully saturated rings. The summed E-state index contributed by atoms with van der Waals surface area (Å²) in [5.74, 6) is 0.389. The molecule has 2 rings (SSSR count). The largest absolute Gasteiger partial charge is 0.377 e. The second kappa shape index (κ2) is 4.28. The van der Waals surface area contributed by atoms with Gasteiger partial charge in [0.05, 0.1) is 19.3 Å². The molecule has 0 atom stereocenters. The van der Waals surface area contributed by atoms with Crippen molar-refractivity contribution in [2.24, 2.45) is 11.7 Å². The fourth-order valence-corrected chi connectivity index (χ4v) is 2.02. The zero-order valence-electron chi connectivity index (χ0n) is 8.37. The maximum atomic E-state index is 11.7. The van der Waals surface area contributed by atoms with Gasteiger partial charge in [0, 0.05) is 12.0 Å². The molecule has 0 radical (unpaired) electrons. The van der Waals surface area contributed by atoms with E-state index in [-0.39, 0.29) is 17.9 Å². The molecule has 0 aromatic carbocycles. The highest BCUT2D eigenvalue weighted by Crippen LogP contribution is 2.23. The number of amides is 1. The number of nitrogens with two attached hydrogens (primary N) is 1. The molecule has 0 unspecified atom stereocenters. The molecule has 80 valence electrons. The number of hydrogen-bond acceptors (Lipinski definition) is 3. The molecule has 2 aliphatic rings. The summed E-state index contributed by atoms with van der Waals surface area (Å²) >= 11 is 0. The van der Waals surface area contributed by atoms with E-state index in [1.54, 1.807) is 0 Å². The Hall–Kier alpha value is -0.610. The quantitative estimate of drug-likeness (QED) is 0.657. The van der Waals surface area contributed by atoms with Crippen molar-refractivity contribution in [1.82, 2.24) is 5.32 Å². The van der Waals surface area contributed by atoms with Gasteiger partial charge in [0.25, 0.3) is 0 Å². The Kier molecular flexibility index (Phi) is 3.03. The van der Waals surface area contributed by atoms with E-state index in [9.17, 15) is 4.79 Å². The molecule has 0 spiro atoms. The number of nitrogens with one attached hydrogen (secondary N) is 1. The number of ether oxygens (including phenoxy) is 1.